The molecular weight excluding hydrogens is 180 g/mol. The fraction of sp³-hybridized carbons (Fsp3) is 0.455. The van der Waals surface area contributed by atoms with Crippen LogP contribution in [0.2, 0.25) is 0 Å². The molecule has 0 radical (unpaired) electrons. The van der Waals surface area contributed by atoms with Gasteiger partial charge in [0.05, 0.1) is 6.61 Å². The summed E-state index contributed by atoms with van der Waals surface area (Å²) in [6, 6.07) is 7.87. The highest BCUT2D eigenvalue weighted by Crippen LogP contribution is 2.27. The SMILES string of the molecule is Sc1cccc(OCC2CCC2)c1. The summed E-state index contributed by atoms with van der Waals surface area (Å²) < 4.78 is 5.64. The number of ether oxygens (including phenoxy) is 1. The highest BCUT2D eigenvalue weighted by atomic mass is 32.1. The Hall–Kier alpha value is -0.630. The average molecular weight is 194 g/mol. The molecule has 1 aromatic rings. The Bertz CT molecular complexity index is 281. The van der Waals surface area contributed by atoms with Crippen molar-refractivity contribution < 1.29 is 4.74 Å². The molecule has 2 heteroatoms. The van der Waals surface area contributed by atoms with Crippen LogP contribution in [-0.4, -0.2) is 6.61 Å². The van der Waals surface area contributed by atoms with Gasteiger partial charge in [0.2, 0.25) is 0 Å². The Balaban J connectivity index is 1.86. The van der Waals surface area contributed by atoms with Crippen molar-refractivity contribution in [1.29, 1.82) is 0 Å². The van der Waals surface area contributed by atoms with E-state index in [0.29, 0.717) is 0 Å². The quantitative estimate of drug-likeness (QED) is 0.727. The molecule has 0 unspecified atom stereocenters. The molecule has 1 saturated carbocycles. The Morgan fingerprint density at radius 1 is 1.38 bits per heavy atom. The molecule has 0 spiro atoms. The van der Waals surface area contributed by atoms with Gasteiger partial charge in [0, 0.05) is 4.90 Å². The predicted octanol–water partition coefficient (Wildman–Crippen LogP) is 3.15. The normalized spacial score (nSPS) is 16.7. The maximum Gasteiger partial charge on any atom is 0.120 e. The second kappa shape index (κ2) is 4.05. The molecule has 70 valence electrons. The van der Waals surface area contributed by atoms with Gasteiger partial charge in [0.25, 0.3) is 0 Å². The summed E-state index contributed by atoms with van der Waals surface area (Å²) in [5.41, 5.74) is 0. The van der Waals surface area contributed by atoms with E-state index >= 15 is 0 Å². The summed E-state index contributed by atoms with van der Waals surface area (Å²) in [5, 5.41) is 0. The van der Waals surface area contributed by atoms with Gasteiger partial charge in [-0.2, -0.15) is 0 Å². The molecule has 1 nitrogen and oxygen atoms in total. The molecule has 0 N–H and O–H groups in total. The van der Waals surface area contributed by atoms with Crippen LogP contribution in [0.25, 0.3) is 0 Å². The summed E-state index contributed by atoms with van der Waals surface area (Å²) in [7, 11) is 0. The van der Waals surface area contributed by atoms with Crippen LogP contribution in [0.4, 0.5) is 0 Å². The molecule has 0 aliphatic heterocycles. The minimum atomic E-state index is 0.795. The zero-order valence-electron chi connectivity index (χ0n) is 7.57. The summed E-state index contributed by atoms with van der Waals surface area (Å²) in [4.78, 5) is 0.964. The summed E-state index contributed by atoms with van der Waals surface area (Å²) in [5.74, 6) is 1.74. The molecule has 13 heavy (non-hydrogen) atoms. The van der Waals surface area contributed by atoms with Crippen molar-refractivity contribution in [3.8, 4) is 5.75 Å². The smallest absolute Gasteiger partial charge is 0.120 e. The molecule has 0 heterocycles. The van der Waals surface area contributed by atoms with E-state index in [9.17, 15) is 0 Å². The second-order valence-electron chi connectivity index (χ2n) is 3.61. The number of rotatable bonds is 3. The van der Waals surface area contributed by atoms with Crippen molar-refractivity contribution >= 4 is 12.6 Å². The van der Waals surface area contributed by atoms with Crippen molar-refractivity contribution in [2.24, 2.45) is 5.92 Å². The average Bonchev–Trinajstić information content (AvgIpc) is 2.01. The topological polar surface area (TPSA) is 9.23 Å². The lowest BCUT2D eigenvalue weighted by Crippen LogP contribution is -2.19. The van der Waals surface area contributed by atoms with Crippen LogP contribution in [0.1, 0.15) is 19.3 Å². The van der Waals surface area contributed by atoms with E-state index in [1.165, 1.54) is 19.3 Å². The van der Waals surface area contributed by atoms with Gasteiger partial charge in [-0.15, -0.1) is 12.6 Å². The van der Waals surface area contributed by atoms with Crippen molar-refractivity contribution in [1.82, 2.24) is 0 Å². The fourth-order valence-electron chi connectivity index (χ4n) is 1.45. The van der Waals surface area contributed by atoms with Crippen LogP contribution in [0, 0.1) is 5.92 Å². The van der Waals surface area contributed by atoms with Crippen LogP contribution < -0.4 is 4.74 Å². The third-order valence-electron chi connectivity index (χ3n) is 2.53. The van der Waals surface area contributed by atoms with Gasteiger partial charge < -0.3 is 4.74 Å². The molecule has 1 fully saturated rings. The van der Waals surface area contributed by atoms with Gasteiger partial charge in [0.15, 0.2) is 0 Å². The lowest BCUT2D eigenvalue weighted by molar-refractivity contribution is 0.180. The zero-order valence-corrected chi connectivity index (χ0v) is 8.47. The molecular formula is C11H14OS. The Labute approximate surface area is 84.5 Å². The van der Waals surface area contributed by atoms with E-state index in [1.807, 2.05) is 24.3 Å². The second-order valence-corrected chi connectivity index (χ2v) is 4.12. The largest absolute Gasteiger partial charge is 0.493 e. The van der Waals surface area contributed by atoms with Gasteiger partial charge in [-0.1, -0.05) is 12.5 Å². The number of hydrogen-bond donors (Lipinski definition) is 1. The van der Waals surface area contributed by atoms with Crippen molar-refractivity contribution in [2.75, 3.05) is 6.61 Å². The van der Waals surface area contributed by atoms with Gasteiger partial charge in [0.1, 0.15) is 5.75 Å². The lowest BCUT2D eigenvalue weighted by Gasteiger charge is -2.25. The third kappa shape index (κ3) is 2.41. The first kappa shape index (κ1) is 8.95. The molecule has 0 saturated heterocycles. The zero-order chi connectivity index (χ0) is 9.10. The van der Waals surface area contributed by atoms with Crippen LogP contribution in [0.5, 0.6) is 5.75 Å². The molecule has 0 aromatic heterocycles. The van der Waals surface area contributed by atoms with E-state index in [4.69, 9.17) is 4.74 Å². The Morgan fingerprint density at radius 3 is 2.85 bits per heavy atom. The molecule has 1 aliphatic rings. The first-order valence-corrected chi connectivity index (χ1v) is 5.21. The van der Waals surface area contributed by atoms with E-state index in [1.54, 1.807) is 0 Å². The first-order chi connectivity index (χ1) is 6.34. The maximum absolute atomic E-state index is 5.64. The minimum absolute atomic E-state index is 0.795. The van der Waals surface area contributed by atoms with Gasteiger partial charge in [-0.05, 0) is 37.0 Å². The summed E-state index contributed by atoms with van der Waals surface area (Å²) in [6.07, 6.45) is 4.04. The lowest BCUT2D eigenvalue weighted by atomic mass is 9.86. The number of hydrogen-bond acceptors (Lipinski definition) is 2. The predicted molar refractivity (Wildman–Crippen MR) is 56.5 cm³/mol. The van der Waals surface area contributed by atoms with Gasteiger partial charge in [-0.3, -0.25) is 0 Å². The minimum Gasteiger partial charge on any atom is -0.493 e. The standard InChI is InChI=1S/C11H14OS/c13-11-6-2-5-10(7-11)12-8-9-3-1-4-9/h2,5-7,9,13H,1,3-4,8H2. The molecule has 0 amide bonds. The van der Waals surface area contributed by atoms with E-state index in [-0.39, 0.29) is 0 Å². The van der Waals surface area contributed by atoms with Gasteiger partial charge >= 0.3 is 0 Å². The van der Waals surface area contributed by atoms with Crippen molar-refractivity contribution in [2.45, 2.75) is 24.2 Å². The molecule has 1 aromatic carbocycles. The van der Waals surface area contributed by atoms with E-state index in [2.05, 4.69) is 12.6 Å². The van der Waals surface area contributed by atoms with Crippen LogP contribution in [-0.2, 0) is 0 Å². The van der Waals surface area contributed by atoms with Crippen LogP contribution in [0.3, 0.4) is 0 Å². The molecule has 0 bridgehead atoms. The van der Waals surface area contributed by atoms with Crippen molar-refractivity contribution in [3.05, 3.63) is 24.3 Å². The molecule has 2 rings (SSSR count). The third-order valence-corrected chi connectivity index (χ3v) is 2.81. The Kier molecular flexibility index (Phi) is 2.79. The van der Waals surface area contributed by atoms with E-state index in [0.717, 1.165) is 23.2 Å². The fourth-order valence-corrected chi connectivity index (χ4v) is 1.66. The van der Waals surface area contributed by atoms with Gasteiger partial charge in [-0.25, -0.2) is 0 Å². The van der Waals surface area contributed by atoms with Crippen LogP contribution >= 0.6 is 12.6 Å². The summed E-state index contributed by atoms with van der Waals surface area (Å²) >= 11 is 4.26. The summed E-state index contributed by atoms with van der Waals surface area (Å²) in [6.45, 7) is 0.872. The van der Waals surface area contributed by atoms with E-state index < -0.39 is 0 Å². The number of thiol groups is 1. The molecule has 0 atom stereocenters. The number of benzene rings is 1. The van der Waals surface area contributed by atoms with Crippen molar-refractivity contribution in [3.63, 3.8) is 0 Å². The maximum atomic E-state index is 5.64. The Morgan fingerprint density at radius 2 is 2.23 bits per heavy atom. The highest BCUT2D eigenvalue weighted by molar-refractivity contribution is 7.80. The molecule has 1 aliphatic carbocycles. The van der Waals surface area contributed by atoms with Crippen LogP contribution in [0.15, 0.2) is 29.2 Å². The highest BCUT2D eigenvalue weighted by Gasteiger charge is 2.17. The monoisotopic (exact) mass is 194 g/mol. The first-order valence-electron chi connectivity index (χ1n) is 4.76.